The Morgan fingerprint density at radius 3 is 2.41 bits per heavy atom. The topological polar surface area (TPSA) is 90.3 Å². The average molecular weight is 434 g/mol. The van der Waals surface area contributed by atoms with Gasteiger partial charge in [-0.25, -0.2) is 4.79 Å². The fourth-order valence-electron chi connectivity index (χ4n) is 4.19. The van der Waals surface area contributed by atoms with Gasteiger partial charge in [0.15, 0.2) is 11.8 Å². The van der Waals surface area contributed by atoms with Gasteiger partial charge >= 0.3 is 5.97 Å². The largest absolute Gasteiger partial charge is 0.448 e. The summed E-state index contributed by atoms with van der Waals surface area (Å²) in [4.78, 5) is 38.7. The number of para-hydroxylation sites is 1. The van der Waals surface area contributed by atoms with Crippen molar-refractivity contribution in [2.45, 2.75) is 51.7 Å². The molecule has 0 saturated heterocycles. The molecular weight excluding hydrogens is 406 g/mol. The maximum atomic E-state index is 13.0. The van der Waals surface area contributed by atoms with E-state index in [1.54, 1.807) is 55.5 Å². The molecule has 1 aromatic heterocycles. The predicted molar refractivity (Wildman–Crippen MR) is 122 cm³/mol. The standard InChI is InChI=1S/C25H27N3O4/c1-16-10-6-9-15-21(16)26-23(29)17(2)32-25(31)22-19-13-7-8-14-20(19)24(30)28(27-22)18-11-4-3-5-12-18/h3-5,7-8,11-14,16-17,21H,6,9-10,15H2,1-2H3,(H,26,29). The minimum Gasteiger partial charge on any atom is -0.448 e. The summed E-state index contributed by atoms with van der Waals surface area (Å²) in [5.74, 6) is -0.668. The van der Waals surface area contributed by atoms with Crippen molar-refractivity contribution in [1.82, 2.24) is 15.1 Å². The summed E-state index contributed by atoms with van der Waals surface area (Å²) >= 11 is 0. The van der Waals surface area contributed by atoms with E-state index in [0.717, 1.165) is 19.3 Å². The third-order valence-electron chi connectivity index (χ3n) is 6.09. The first-order valence-electron chi connectivity index (χ1n) is 11.0. The van der Waals surface area contributed by atoms with Crippen molar-refractivity contribution in [3.63, 3.8) is 0 Å². The van der Waals surface area contributed by atoms with E-state index in [1.165, 1.54) is 11.1 Å². The molecule has 7 heteroatoms. The molecule has 3 unspecified atom stereocenters. The number of carbonyl (C=O) groups excluding carboxylic acids is 2. The number of fused-ring (bicyclic) bond motifs is 1. The van der Waals surface area contributed by atoms with Crippen LogP contribution in [-0.4, -0.2) is 33.8 Å². The monoisotopic (exact) mass is 433 g/mol. The highest BCUT2D eigenvalue weighted by Crippen LogP contribution is 2.24. The Morgan fingerprint density at radius 2 is 1.69 bits per heavy atom. The number of amides is 1. The van der Waals surface area contributed by atoms with Crippen molar-refractivity contribution >= 4 is 22.6 Å². The molecule has 2 aromatic carbocycles. The van der Waals surface area contributed by atoms with Gasteiger partial charge in [0.1, 0.15) is 0 Å². The highest BCUT2D eigenvalue weighted by molar-refractivity contribution is 6.03. The first-order chi connectivity index (χ1) is 15.5. The van der Waals surface area contributed by atoms with E-state index >= 15 is 0 Å². The van der Waals surface area contributed by atoms with Crippen molar-refractivity contribution in [1.29, 1.82) is 0 Å². The zero-order valence-electron chi connectivity index (χ0n) is 18.3. The average Bonchev–Trinajstić information content (AvgIpc) is 2.81. The van der Waals surface area contributed by atoms with Gasteiger partial charge in [-0.15, -0.1) is 0 Å². The van der Waals surface area contributed by atoms with Crippen molar-refractivity contribution in [3.8, 4) is 5.69 Å². The van der Waals surface area contributed by atoms with Crippen molar-refractivity contribution in [3.05, 3.63) is 70.6 Å². The van der Waals surface area contributed by atoms with E-state index in [4.69, 9.17) is 4.74 Å². The summed E-state index contributed by atoms with van der Waals surface area (Å²) in [7, 11) is 0. The van der Waals surface area contributed by atoms with Gasteiger partial charge in [-0.3, -0.25) is 9.59 Å². The zero-order chi connectivity index (χ0) is 22.7. The van der Waals surface area contributed by atoms with E-state index in [2.05, 4.69) is 17.3 Å². The number of carbonyl (C=O) groups is 2. The maximum absolute atomic E-state index is 13.0. The van der Waals surface area contributed by atoms with Gasteiger partial charge in [0.2, 0.25) is 0 Å². The number of hydrogen-bond donors (Lipinski definition) is 1. The molecule has 3 atom stereocenters. The lowest BCUT2D eigenvalue weighted by Crippen LogP contribution is -2.46. The molecule has 0 radical (unpaired) electrons. The third kappa shape index (κ3) is 4.42. The number of aromatic nitrogens is 2. The van der Waals surface area contributed by atoms with Crippen LogP contribution in [0.15, 0.2) is 59.4 Å². The molecule has 166 valence electrons. The lowest BCUT2D eigenvalue weighted by atomic mass is 9.86. The fraction of sp³-hybridized carbons (Fsp3) is 0.360. The molecule has 1 saturated carbocycles. The van der Waals surface area contributed by atoms with Crippen LogP contribution in [0.25, 0.3) is 16.5 Å². The van der Waals surface area contributed by atoms with Crippen LogP contribution >= 0.6 is 0 Å². The summed E-state index contributed by atoms with van der Waals surface area (Å²) in [6.07, 6.45) is 3.29. The Balaban J connectivity index is 1.61. The SMILES string of the molecule is CC(OC(=O)c1nn(-c2ccccc2)c(=O)c2ccccc12)C(=O)NC1CCCCC1C. The van der Waals surface area contributed by atoms with Crippen LogP contribution in [-0.2, 0) is 9.53 Å². The van der Waals surface area contributed by atoms with Crippen molar-refractivity contribution in [2.24, 2.45) is 5.92 Å². The van der Waals surface area contributed by atoms with Crippen molar-refractivity contribution < 1.29 is 14.3 Å². The van der Waals surface area contributed by atoms with E-state index in [0.29, 0.717) is 22.4 Å². The van der Waals surface area contributed by atoms with Gasteiger partial charge in [-0.05, 0) is 43.9 Å². The minimum atomic E-state index is -0.978. The van der Waals surface area contributed by atoms with Crippen LogP contribution < -0.4 is 10.9 Å². The van der Waals surface area contributed by atoms with Crippen LogP contribution in [0.5, 0.6) is 0 Å². The van der Waals surface area contributed by atoms with E-state index in [9.17, 15) is 14.4 Å². The lowest BCUT2D eigenvalue weighted by Gasteiger charge is -2.30. The van der Waals surface area contributed by atoms with E-state index in [-0.39, 0.29) is 23.2 Å². The van der Waals surface area contributed by atoms with Gasteiger partial charge in [0.25, 0.3) is 11.5 Å². The second-order valence-corrected chi connectivity index (χ2v) is 8.37. The number of esters is 1. The molecule has 7 nitrogen and oxygen atoms in total. The Kier molecular flexibility index (Phi) is 6.35. The third-order valence-corrected chi connectivity index (χ3v) is 6.09. The lowest BCUT2D eigenvalue weighted by molar-refractivity contribution is -0.130. The molecule has 0 bridgehead atoms. The van der Waals surface area contributed by atoms with E-state index < -0.39 is 12.1 Å². The fourth-order valence-corrected chi connectivity index (χ4v) is 4.19. The number of hydrogen-bond acceptors (Lipinski definition) is 5. The smallest absolute Gasteiger partial charge is 0.360 e. The molecular formula is C25H27N3O4. The highest BCUT2D eigenvalue weighted by atomic mass is 16.5. The van der Waals surface area contributed by atoms with Gasteiger partial charge < -0.3 is 10.1 Å². The van der Waals surface area contributed by atoms with Crippen LogP contribution in [0.4, 0.5) is 0 Å². The van der Waals surface area contributed by atoms with Crippen LogP contribution in [0.3, 0.4) is 0 Å². The minimum absolute atomic E-state index is 0.00487. The first-order valence-corrected chi connectivity index (χ1v) is 11.0. The molecule has 0 aliphatic heterocycles. The normalized spacial score (nSPS) is 19.3. The predicted octanol–water partition coefficient (Wildman–Crippen LogP) is 3.63. The number of rotatable bonds is 5. The van der Waals surface area contributed by atoms with Gasteiger partial charge in [-0.2, -0.15) is 9.78 Å². The Bertz CT molecular complexity index is 1190. The second kappa shape index (κ2) is 9.34. The van der Waals surface area contributed by atoms with Gasteiger partial charge in [0.05, 0.1) is 11.1 Å². The molecule has 3 aromatic rings. The molecule has 1 aliphatic carbocycles. The number of nitrogens with one attached hydrogen (secondary N) is 1. The summed E-state index contributed by atoms with van der Waals surface area (Å²) < 4.78 is 6.67. The Morgan fingerprint density at radius 1 is 1.03 bits per heavy atom. The number of benzene rings is 2. The number of nitrogens with zero attached hydrogens (tertiary/aromatic N) is 2. The van der Waals surface area contributed by atoms with Gasteiger partial charge in [0, 0.05) is 11.4 Å². The Labute approximate surface area is 186 Å². The molecule has 1 N–H and O–H groups in total. The van der Waals surface area contributed by atoms with Crippen LogP contribution in [0, 0.1) is 5.92 Å². The molecule has 1 aliphatic rings. The summed E-state index contributed by atoms with van der Waals surface area (Å²) in [6.45, 7) is 3.68. The highest BCUT2D eigenvalue weighted by Gasteiger charge is 2.28. The quantitative estimate of drug-likeness (QED) is 0.621. The van der Waals surface area contributed by atoms with Crippen LogP contribution in [0.1, 0.15) is 50.0 Å². The molecule has 1 amide bonds. The van der Waals surface area contributed by atoms with Crippen molar-refractivity contribution in [2.75, 3.05) is 0 Å². The maximum Gasteiger partial charge on any atom is 0.360 e. The number of ether oxygens (including phenoxy) is 1. The summed E-state index contributed by atoms with van der Waals surface area (Å²) in [5, 5.41) is 8.07. The second-order valence-electron chi connectivity index (χ2n) is 8.37. The van der Waals surface area contributed by atoms with E-state index in [1.807, 2.05) is 6.07 Å². The summed E-state index contributed by atoms with van der Waals surface area (Å²) in [5.41, 5.74) is 0.199. The van der Waals surface area contributed by atoms with Crippen LogP contribution in [0.2, 0.25) is 0 Å². The molecule has 4 rings (SSSR count). The molecule has 1 fully saturated rings. The molecule has 1 heterocycles. The zero-order valence-corrected chi connectivity index (χ0v) is 18.3. The molecule has 0 spiro atoms. The van der Waals surface area contributed by atoms with Gasteiger partial charge in [-0.1, -0.05) is 56.2 Å². The summed E-state index contributed by atoms with van der Waals surface area (Å²) in [6, 6.07) is 15.7. The first kappa shape index (κ1) is 21.7. The Hall–Kier alpha value is -3.48. The molecule has 32 heavy (non-hydrogen) atoms.